The smallest absolute Gasteiger partial charge is 0.258 e. The summed E-state index contributed by atoms with van der Waals surface area (Å²) in [6, 6.07) is 6.75. The predicted octanol–water partition coefficient (Wildman–Crippen LogP) is 3.31. The number of nitrogens with one attached hydrogen (secondary N) is 1. The molecule has 0 saturated carbocycles. The van der Waals surface area contributed by atoms with Crippen molar-refractivity contribution in [1.82, 2.24) is 4.98 Å². The Kier molecular flexibility index (Phi) is 4.65. The van der Waals surface area contributed by atoms with Gasteiger partial charge in [-0.1, -0.05) is 11.6 Å². The molecule has 2 rings (SSSR count). The lowest BCUT2D eigenvalue weighted by molar-refractivity contribution is 0.102. The Hall–Kier alpha value is -2.27. The van der Waals surface area contributed by atoms with Crippen LogP contribution in [0.2, 0.25) is 5.02 Å². The van der Waals surface area contributed by atoms with E-state index < -0.39 is 0 Å². The van der Waals surface area contributed by atoms with E-state index in [0.29, 0.717) is 27.8 Å². The molecule has 2 aromatic rings. The summed E-state index contributed by atoms with van der Waals surface area (Å²) in [4.78, 5) is 16.3. The van der Waals surface area contributed by atoms with E-state index in [2.05, 4.69) is 10.3 Å². The number of hydrogen-bond donors (Lipinski definition) is 1. The molecule has 0 atom stereocenters. The number of benzene rings is 1. The van der Waals surface area contributed by atoms with E-state index in [1.807, 2.05) is 6.92 Å². The fourth-order valence-electron chi connectivity index (χ4n) is 1.81. The molecule has 0 bridgehead atoms. The molecule has 0 aliphatic rings. The van der Waals surface area contributed by atoms with E-state index in [9.17, 15) is 4.79 Å². The molecule has 1 N–H and O–H groups in total. The second kappa shape index (κ2) is 6.45. The van der Waals surface area contributed by atoms with Crippen molar-refractivity contribution >= 4 is 23.2 Å². The van der Waals surface area contributed by atoms with Crippen LogP contribution in [-0.4, -0.2) is 25.1 Å². The highest BCUT2D eigenvalue weighted by Gasteiger charge is 2.13. The quantitative estimate of drug-likeness (QED) is 0.941. The van der Waals surface area contributed by atoms with Gasteiger partial charge in [0.2, 0.25) is 0 Å². The van der Waals surface area contributed by atoms with E-state index in [-0.39, 0.29) is 5.91 Å². The Labute approximate surface area is 127 Å². The van der Waals surface area contributed by atoms with E-state index >= 15 is 0 Å². The number of hydrogen-bond acceptors (Lipinski definition) is 4. The fourth-order valence-corrected chi connectivity index (χ4v) is 2.10. The zero-order valence-electron chi connectivity index (χ0n) is 11.9. The summed E-state index contributed by atoms with van der Waals surface area (Å²) in [7, 11) is 3.08. The third-order valence-electron chi connectivity index (χ3n) is 2.88. The highest BCUT2D eigenvalue weighted by atomic mass is 35.5. The lowest BCUT2D eigenvalue weighted by atomic mass is 10.2. The van der Waals surface area contributed by atoms with E-state index in [1.165, 1.54) is 13.3 Å². The molecule has 5 nitrogen and oxygen atoms in total. The van der Waals surface area contributed by atoms with Crippen LogP contribution < -0.4 is 14.8 Å². The highest BCUT2D eigenvalue weighted by molar-refractivity contribution is 6.34. The average molecular weight is 307 g/mol. The molecule has 0 fully saturated rings. The van der Waals surface area contributed by atoms with Gasteiger partial charge in [0.15, 0.2) is 11.5 Å². The van der Waals surface area contributed by atoms with E-state index in [4.69, 9.17) is 21.1 Å². The molecular weight excluding hydrogens is 292 g/mol. The Bertz CT molecular complexity index is 674. The van der Waals surface area contributed by atoms with Crippen molar-refractivity contribution in [1.29, 1.82) is 0 Å². The Balaban J connectivity index is 2.23. The molecule has 1 aromatic heterocycles. The minimum absolute atomic E-state index is 0.317. The standard InChI is InChI=1S/C15H15ClN2O3/c1-9-6-12(16)11(8-17-9)15(19)18-10-4-5-13(20-2)14(7-10)21-3/h4-8H,1-3H3,(H,18,19). The summed E-state index contributed by atoms with van der Waals surface area (Å²) in [5.74, 6) is 0.786. The topological polar surface area (TPSA) is 60.5 Å². The van der Waals surface area contributed by atoms with Crippen LogP contribution in [-0.2, 0) is 0 Å². The van der Waals surface area contributed by atoms with Gasteiger partial charge in [-0.2, -0.15) is 0 Å². The Morgan fingerprint density at radius 1 is 1.19 bits per heavy atom. The average Bonchev–Trinajstić information content (AvgIpc) is 2.46. The molecular formula is C15H15ClN2O3. The van der Waals surface area contributed by atoms with Crippen molar-refractivity contribution in [2.45, 2.75) is 6.92 Å². The van der Waals surface area contributed by atoms with Gasteiger partial charge in [-0.25, -0.2) is 0 Å². The molecule has 1 aromatic carbocycles. The lowest BCUT2D eigenvalue weighted by Crippen LogP contribution is -2.13. The van der Waals surface area contributed by atoms with Crippen LogP contribution in [0, 0.1) is 6.92 Å². The van der Waals surface area contributed by atoms with Gasteiger partial charge >= 0.3 is 0 Å². The highest BCUT2D eigenvalue weighted by Crippen LogP contribution is 2.30. The van der Waals surface area contributed by atoms with Gasteiger partial charge < -0.3 is 14.8 Å². The van der Waals surface area contributed by atoms with Crippen LogP contribution in [0.15, 0.2) is 30.5 Å². The van der Waals surface area contributed by atoms with Crippen molar-refractivity contribution in [3.05, 3.63) is 46.7 Å². The van der Waals surface area contributed by atoms with Crippen molar-refractivity contribution in [3.63, 3.8) is 0 Å². The SMILES string of the molecule is COc1ccc(NC(=O)c2cnc(C)cc2Cl)cc1OC. The number of ether oxygens (including phenoxy) is 2. The number of nitrogens with zero attached hydrogens (tertiary/aromatic N) is 1. The van der Waals surface area contributed by atoms with Gasteiger partial charge in [0, 0.05) is 23.6 Å². The first-order valence-electron chi connectivity index (χ1n) is 6.20. The molecule has 21 heavy (non-hydrogen) atoms. The van der Waals surface area contributed by atoms with Crippen LogP contribution in [0.25, 0.3) is 0 Å². The van der Waals surface area contributed by atoms with Crippen molar-refractivity contribution in [2.24, 2.45) is 0 Å². The molecule has 1 heterocycles. The summed E-state index contributed by atoms with van der Waals surface area (Å²) in [6.45, 7) is 1.81. The van der Waals surface area contributed by atoms with Crippen LogP contribution in [0.3, 0.4) is 0 Å². The van der Waals surface area contributed by atoms with Gasteiger partial charge in [-0.05, 0) is 25.1 Å². The van der Waals surface area contributed by atoms with Crippen LogP contribution in [0.1, 0.15) is 16.1 Å². The first kappa shape index (κ1) is 15.1. The molecule has 0 spiro atoms. The number of aromatic nitrogens is 1. The zero-order chi connectivity index (χ0) is 15.4. The fraction of sp³-hybridized carbons (Fsp3) is 0.200. The van der Waals surface area contributed by atoms with Crippen LogP contribution in [0.5, 0.6) is 11.5 Å². The third-order valence-corrected chi connectivity index (χ3v) is 3.19. The van der Waals surface area contributed by atoms with Crippen molar-refractivity contribution < 1.29 is 14.3 Å². The maximum atomic E-state index is 12.2. The number of anilines is 1. The summed E-state index contributed by atoms with van der Waals surface area (Å²) in [6.07, 6.45) is 1.45. The minimum Gasteiger partial charge on any atom is -0.493 e. The van der Waals surface area contributed by atoms with E-state index in [1.54, 1.807) is 31.4 Å². The largest absolute Gasteiger partial charge is 0.493 e. The number of carbonyl (C=O) groups excluding carboxylic acids is 1. The number of carbonyl (C=O) groups is 1. The minimum atomic E-state index is -0.334. The maximum Gasteiger partial charge on any atom is 0.258 e. The molecule has 0 aliphatic carbocycles. The molecule has 0 radical (unpaired) electrons. The Morgan fingerprint density at radius 3 is 2.52 bits per heavy atom. The number of pyridine rings is 1. The number of halogens is 1. The second-order valence-corrected chi connectivity index (χ2v) is 4.74. The third kappa shape index (κ3) is 3.44. The second-order valence-electron chi connectivity index (χ2n) is 4.33. The van der Waals surface area contributed by atoms with Gasteiger partial charge in [0.05, 0.1) is 24.8 Å². The molecule has 6 heteroatoms. The first-order chi connectivity index (χ1) is 10.0. The number of methoxy groups -OCH3 is 2. The monoisotopic (exact) mass is 306 g/mol. The number of aryl methyl sites for hydroxylation is 1. The van der Waals surface area contributed by atoms with E-state index in [0.717, 1.165) is 5.69 Å². The molecule has 0 aliphatic heterocycles. The Morgan fingerprint density at radius 2 is 1.90 bits per heavy atom. The van der Waals surface area contributed by atoms with Gasteiger partial charge in [0.1, 0.15) is 0 Å². The molecule has 110 valence electrons. The van der Waals surface area contributed by atoms with Gasteiger partial charge in [0.25, 0.3) is 5.91 Å². The van der Waals surface area contributed by atoms with Gasteiger partial charge in [-0.15, -0.1) is 0 Å². The lowest BCUT2D eigenvalue weighted by Gasteiger charge is -2.11. The number of amides is 1. The van der Waals surface area contributed by atoms with Crippen molar-refractivity contribution in [2.75, 3.05) is 19.5 Å². The molecule has 0 saturated heterocycles. The van der Waals surface area contributed by atoms with Gasteiger partial charge in [-0.3, -0.25) is 9.78 Å². The normalized spacial score (nSPS) is 10.1. The summed E-state index contributed by atoms with van der Waals surface area (Å²) in [5, 5.41) is 3.11. The van der Waals surface area contributed by atoms with Crippen LogP contribution in [0.4, 0.5) is 5.69 Å². The van der Waals surface area contributed by atoms with Crippen LogP contribution >= 0.6 is 11.6 Å². The first-order valence-corrected chi connectivity index (χ1v) is 6.58. The number of rotatable bonds is 4. The summed E-state index contributed by atoms with van der Waals surface area (Å²) in [5.41, 5.74) is 1.65. The molecule has 1 amide bonds. The maximum absolute atomic E-state index is 12.2. The summed E-state index contributed by atoms with van der Waals surface area (Å²) >= 11 is 6.05. The predicted molar refractivity (Wildman–Crippen MR) is 81.5 cm³/mol. The zero-order valence-corrected chi connectivity index (χ0v) is 12.7. The molecule has 0 unspecified atom stereocenters. The summed E-state index contributed by atoms with van der Waals surface area (Å²) < 4.78 is 10.3. The van der Waals surface area contributed by atoms with Crippen molar-refractivity contribution in [3.8, 4) is 11.5 Å².